The summed E-state index contributed by atoms with van der Waals surface area (Å²) in [6.07, 6.45) is -0.0121. The van der Waals surface area contributed by atoms with Crippen LogP contribution in [0.4, 0.5) is 15.3 Å². The molecule has 0 fully saturated rings. The summed E-state index contributed by atoms with van der Waals surface area (Å²) in [5.41, 5.74) is 0.712. The van der Waals surface area contributed by atoms with Crippen LogP contribution in [0.25, 0.3) is 0 Å². The molecule has 1 aromatic rings. The number of amides is 3. The molecule has 0 heterocycles. The summed E-state index contributed by atoms with van der Waals surface area (Å²) in [6.45, 7) is 3.87. The number of rotatable bonds is 3. The first kappa shape index (κ1) is 18.3. The Morgan fingerprint density at radius 2 is 1.87 bits per heavy atom. The second-order valence-electron chi connectivity index (χ2n) is 4.68. The number of hydrogen-bond acceptors (Lipinski definition) is 4. The van der Waals surface area contributed by atoms with E-state index in [-0.39, 0.29) is 12.0 Å². The molecule has 1 atom stereocenters. The van der Waals surface area contributed by atoms with E-state index in [1.807, 2.05) is 44.2 Å². The maximum absolute atomic E-state index is 12.1. The van der Waals surface area contributed by atoms with E-state index in [9.17, 15) is 9.59 Å². The van der Waals surface area contributed by atoms with Gasteiger partial charge in [-0.3, -0.25) is 0 Å². The summed E-state index contributed by atoms with van der Waals surface area (Å²) >= 11 is 0. The maximum atomic E-state index is 12.1. The molecule has 0 saturated carbocycles. The van der Waals surface area contributed by atoms with Crippen molar-refractivity contribution >= 4 is 23.8 Å². The third-order valence-corrected chi connectivity index (χ3v) is 2.93. The molecule has 1 unspecified atom stereocenters. The number of nitrogens with zero attached hydrogens (tertiary/aromatic N) is 2. The summed E-state index contributed by atoms with van der Waals surface area (Å²) in [7, 11) is 2.84. The van der Waals surface area contributed by atoms with Crippen LogP contribution in [0.3, 0.4) is 0 Å². The van der Waals surface area contributed by atoms with Crippen molar-refractivity contribution in [3.05, 3.63) is 30.3 Å². The second kappa shape index (κ2) is 9.29. The number of carbonyl (C=O) groups excluding carboxylic acids is 2. The third kappa shape index (κ3) is 5.85. The molecule has 0 radical (unpaired) electrons. The van der Waals surface area contributed by atoms with Crippen molar-refractivity contribution in [3.8, 4) is 0 Å². The van der Waals surface area contributed by atoms with Crippen LogP contribution < -0.4 is 16.0 Å². The average Bonchev–Trinajstić information content (AvgIpc) is 2.58. The standard InChI is InChI=1S/C15H23N5O3/c1-5-11(2)18-13(19-12-9-7-6-8-10-12)20(14(21)16-3)23-15(22)17-4/h6-11H,5H2,1-4H3,(H,16,21)(H,17,22)(H,18,19). The van der Waals surface area contributed by atoms with E-state index in [2.05, 4.69) is 20.9 Å². The zero-order valence-corrected chi connectivity index (χ0v) is 13.8. The number of para-hydroxylation sites is 1. The van der Waals surface area contributed by atoms with Gasteiger partial charge in [-0.25, -0.2) is 14.6 Å². The van der Waals surface area contributed by atoms with E-state index in [0.29, 0.717) is 5.69 Å². The topological polar surface area (TPSA) is 95.1 Å². The number of nitrogens with one attached hydrogen (secondary N) is 3. The molecule has 8 nitrogen and oxygen atoms in total. The summed E-state index contributed by atoms with van der Waals surface area (Å²) < 4.78 is 0. The molecular weight excluding hydrogens is 298 g/mol. The van der Waals surface area contributed by atoms with E-state index < -0.39 is 12.1 Å². The Morgan fingerprint density at radius 1 is 1.22 bits per heavy atom. The molecule has 3 amide bonds. The van der Waals surface area contributed by atoms with Crippen LogP contribution >= 0.6 is 0 Å². The van der Waals surface area contributed by atoms with E-state index in [1.165, 1.54) is 14.1 Å². The number of benzene rings is 1. The number of carbonyl (C=O) groups is 2. The fourth-order valence-electron chi connectivity index (χ4n) is 1.50. The molecule has 0 aromatic heterocycles. The molecule has 0 spiro atoms. The van der Waals surface area contributed by atoms with Gasteiger partial charge < -0.3 is 20.8 Å². The molecule has 0 aliphatic carbocycles. The van der Waals surface area contributed by atoms with Crippen LogP contribution in [0.15, 0.2) is 35.3 Å². The number of urea groups is 1. The minimum absolute atomic E-state index is 0.0679. The summed E-state index contributed by atoms with van der Waals surface area (Å²) in [4.78, 5) is 33.0. The van der Waals surface area contributed by atoms with Crippen LogP contribution in [0.1, 0.15) is 20.3 Å². The van der Waals surface area contributed by atoms with Crippen LogP contribution in [0.2, 0.25) is 0 Å². The van der Waals surface area contributed by atoms with Crippen molar-refractivity contribution in [2.75, 3.05) is 19.4 Å². The van der Waals surface area contributed by atoms with Gasteiger partial charge in [-0.15, -0.1) is 0 Å². The van der Waals surface area contributed by atoms with Crippen LogP contribution in [-0.4, -0.2) is 43.3 Å². The molecule has 0 aliphatic rings. The van der Waals surface area contributed by atoms with Crippen molar-refractivity contribution in [3.63, 3.8) is 0 Å². The van der Waals surface area contributed by atoms with Gasteiger partial charge in [-0.05, 0) is 25.5 Å². The van der Waals surface area contributed by atoms with Crippen molar-refractivity contribution in [2.24, 2.45) is 4.99 Å². The van der Waals surface area contributed by atoms with Crippen molar-refractivity contribution < 1.29 is 14.4 Å². The van der Waals surface area contributed by atoms with Gasteiger partial charge in [0.1, 0.15) is 0 Å². The monoisotopic (exact) mass is 321 g/mol. The van der Waals surface area contributed by atoms with Crippen LogP contribution in [-0.2, 0) is 4.84 Å². The van der Waals surface area contributed by atoms with E-state index in [0.717, 1.165) is 11.5 Å². The Labute approximate surface area is 135 Å². The van der Waals surface area contributed by atoms with Crippen molar-refractivity contribution in [2.45, 2.75) is 26.3 Å². The molecule has 3 N–H and O–H groups in total. The van der Waals surface area contributed by atoms with E-state index in [1.54, 1.807) is 0 Å². The van der Waals surface area contributed by atoms with Gasteiger partial charge in [0.15, 0.2) is 0 Å². The first-order valence-electron chi connectivity index (χ1n) is 7.33. The lowest BCUT2D eigenvalue weighted by atomic mass is 10.3. The lowest BCUT2D eigenvalue weighted by Crippen LogP contribution is -2.48. The van der Waals surface area contributed by atoms with E-state index >= 15 is 0 Å². The number of hydroxylamine groups is 2. The molecule has 1 rings (SSSR count). The highest BCUT2D eigenvalue weighted by atomic mass is 16.7. The predicted molar refractivity (Wildman–Crippen MR) is 89.1 cm³/mol. The highest BCUT2D eigenvalue weighted by Crippen LogP contribution is 2.09. The molecule has 0 bridgehead atoms. The SMILES string of the molecule is CCC(C)N=C(Nc1ccccc1)N(OC(=O)NC)C(=O)NC. The minimum atomic E-state index is -0.777. The van der Waals surface area contributed by atoms with Crippen molar-refractivity contribution in [1.29, 1.82) is 0 Å². The summed E-state index contributed by atoms with van der Waals surface area (Å²) in [5, 5.41) is 8.50. The van der Waals surface area contributed by atoms with Gasteiger partial charge in [0.2, 0.25) is 5.96 Å². The van der Waals surface area contributed by atoms with Gasteiger partial charge >= 0.3 is 12.1 Å². The van der Waals surface area contributed by atoms with E-state index in [4.69, 9.17) is 4.84 Å². The third-order valence-electron chi connectivity index (χ3n) is 2.93. The molecule has 23 heavy (non-hydrogen) atoms. The minimum Gasteiger partial charge on any atom is -0.338 e. The Morgan fingerprint density at radius 3 is 2.39 bits per heavy atom. The number of guanidine groups is 1. The highest BCUT2D eigenvalue weighted by molar-refractivity contribution is 6.03. The molecule has 0 aliphatic heterocycles. The van der Waals surface area contributed by atoms with Crippen molar-refractivity contribution in [1.82, 2.24) is 15.7 Å². The predicted octanol–water partition coefficient (Wildman–Crippen LogP) is 2.17. The Bertz CT molecular complexity index is 547. The van der Waals surface area contributed by atoms with Gasteiger partial charge in [0, 0.05) is 19.8 Å². The zero-order valence-electron chi connectivity index (χ0n) is 13.8. The molecule has 8 heteroatoms. The van der Waals surface area contributed by atoms with Gasteiger partial charge in [0.05, 0.1) is 6.04 Å². The Hall–Kier alpha value is -2.77. The number of aliphatic imine (C=N–C) groups is 1. The first-order valence-corrected chi connectivity index (χ1v) is 7.33. The first-order chi connectivity index (χ1) is 11.0. The highest BCUT2D eigenvalue weighted by Gasteiger charge is 2.24. The van der Waals surface area contributed by atoms with Gasteiger partial charge in [0.25, 0.3) is 0 Å². The zero-order chi connectivity index (χ0) is 17.2. The fourth-order valence-corrected chi connectivity index (χ4v) is 1.50. The number of hydrogen-bond donors (Lipinski definition) is 3. The Balaban J connectivity index is 3.13. The molecule has 0 saturated heterocycles. The average molecular weight is 321 g/mol. The quantitative estimate of drug-likeness (QED) is 0.452. The lowest BCUT2D eigenvalue weighted by molar-refractivity contribution is -0.000579. The second-order valence-corrected chi connectivity index (χ2v) is 4.68. The van der Waals surface area contributed by atoms with Crippen LogP contribution in [0, 0.1) is 0 Å². The largest absolute Gasteiger partial charge is 0.431 e. The normalized spacial score (nSPS) is 12.1. The smallest absolute Gasteiger partial charge is 0.338 e. The number of anilines is 1. The summed E-state index contributed by atoms with van der Waals surface area (Å²) in [6, 6.07) is 8.48. The molecule has 1 aromatic carbocycles. The maximum Gasteiger partial charge on any atom is 0.431 e. The summed E-state index contributed by atoms with van der Waals surface area (Å²) in [5.74, 6) is 0.119. The Kier molecular flexibility index (Phi) is 7.38. The lowest BCUT2D eigenvalue weighted by Gasteiger charge is -2.23. The van der Waals surface area contributed by atoms with Gasteiger partial charge in [-0.1, -0.05) is 30.2 Å². The molecule has 126 valence electrons. The van der Waals surface area contributed by atoms with Crippen LogP contribution in [0.5, 0.6) is 0 Å². The fraction of sp³-hybridized carbons (Fsp3) is 0.400. The molecular formula is C15H23N5O3. The van der Waals surface area contributed by atoms with Gasteiger partial charge in [-0.2, -0.15) is 0 Å².